The second-order valence-electron chi connectivity index (χ2n) is 6.49. The fraction of sp³-hybridized carbons (Fsp3) is 0.500. The van der Waals surface area contributed by atoms with Gasteiger partial charge in [-0.15, -0.1) is 0 Å². The molecule has 0 saturated carbocycles. The van der Waals surface area contributed by atoms with E-state index in [-0.39, 0.29) is 18.6 Å². The maximum Gasteiger partial charge on any atom is 0.255 e. The van der Waals surface area contributed by atoms with E-state index in [1.165, 1.54) is 11.1 Å². The lowest BCUT2D eigenvalue weighted by molar-refractivity contribution is -0.122. The van der Waals surface area contributed by atoms with Gasteiger partial charge in [-0.2, -0.15) is 4.98 Å². The standard InChI is InChI=1S/C18H24N4O3/c1-13-5-7-14(8-6-13)11-22(2)12-17(23)19-10-16-20-18(25-21-16)15-4-3-9-24-15/h5-8,15H,3-4,9-12H2,1-2H3,(H,19,23)/t15-/m0/s1. The lowest BCUT2D eigenvalue weighted by Gasteiger charge is -2.16. The molecule has 0 radical (unpaired) electrons. The van der Waals surface area contributed by atoms with Crippen LogP contribution in [0.4, 0.5) is 0 Å². The molecule has 1 N–H and O–H groups in total. The average molecular weight is 344 g/mol. The Morgan fingerprint density at radius 3 is 2.88 bits per heavy atom. The van der Waals surface area contributed by atoms with Gasteiger partial charge in [0.15, 0.2) is 5.82 Å². The summed E-state index contributed by atoms with van der Waals surface area (Å²) in [4.78, 5) is 18.3. The van der Waals surface area contributed by atoms with Gasteiger partial charge in [-0.3, -0.25) is 9.69 Å². The number of hydrogen-bond donors (Lipinski definition) is 1. The summed E-state index contributed by atoms with van der Waals surface area (Å²) in [5.74, 6) is 0.899. The number of likely N-dealkylation sites (N-methyl/N-ethyl adjacent to an activating group) is 1. The Hall–Kier alpha value is -2.25. The summed E-state index contributed by atoms with van der Waals surface area (Å²) in [6, 6.07) is 8.31. The highest BCUT2D eigenvalue weighted by Crippen LogP contribution is 2.26. The van der Waals surface area contributed by atoms with E-state index in [2.05, 4.69) is 46.6 Å². The third-order valence-corrected chi connectivity index (χ3v) is 4.12. The van der Waals surface area contributed by atoms with E-state index >= 15 is 0 Å². The van der Waals surface area contributed by atoms with Crippen molar-refractivity contribution in [2.24, 2.45) is 0 Å². The summed E-state index contributed by atoms with van der Waals surface area (Å²) in [6.45, 7) is 4.08. The fourth-order valence-corrected chi connectivity index (χ4v) is 2.78. The third-order valence-electron chi connectivity index (χ3n) is 4.12. The van der Waals surface area contributed by atoms with Crippen LogP contribution >= 0.6 is 0 Å². The Kier molecular flexibility index (Phi) is 5.78. The molecule has 1 fully saturated rings. The monoisotopic (exact) mass is 344 g/mol. The van der Waals surface area contributed by atoms with Gasteiger partial charge in [-0.25, -0.2) is 0 Å². The van der Waals surface area contributed by atoms with Crippen molar-refractivity contribution >= 4 is 5.91 Å². The smallest absolute Gasteiger partial charge is 0.255 e. The molecule has 1 aliphatic rings. The van der Waals surface area contributed by atoms with Gasteiger partial charge in [0, 0.05) is 13.2 Å². The number of nitrogens with one attached hydrogen (secondary N) is 1. The lowest BCUT2D eigenvalue weighted by Crippen LogP contribution is -2.34. The quantitative estimate of drug-likeness (QED) is 0.827. The Morgan fingerprint density at radius 2 is 2.16 bits per heavy atom. The van der Waals surface area contributed by atoms with Gasteiger partial charge in [0.1, 0.15) is 6.10 Å². The molecule has 2 aromatic rings. The number of aromatic nitrogens is 2. The molecule has 25 heavy (non-hydrogen) atoms. The summed E-state index contributed by atoms with van der Waals surface area (Å²) in [5, 5.41) is 6.72. The van der Waals surface area contributed by atoms with Crippen LogP contribution in [0.1, 0.15) is 41.8 Å². The topological polar surface area (TPSA) is 80.5 Å². The van der Waals surface area contributed by atoms with Crippen molar-refractivity contribution in [1.29, 1.82) is 0 Å². The van der Waals surface area contributed by atoms with Gasteiger partial charge < -0.3 is 14.6 Å². The molecule has 0 bridgehead atoms. The van der Waals surface area contributed by atoms with E-state index in [4.69, 9.17) is 9.26 Å². The van der Waals surface area contributed by atoms with E-state index in [1.54, 1.807) is 0 Å². The number of ether oxygens (including phenoxy) is 1. The first-order valence-electron chi connectivity index (χ1n) is 8.55. The van der Waals surface area contributed by atoms with Crippen molar-refractivity contribution in [3.05, 3.63) is 47.1 Å². The number of rotatable bonds is 7. The minimum absolute atomic E-state index is 0.0712. The fourth-order valence-electron chi connectivity index (χ4n) is 2.78. The van der Waals surface area contributed by atoms with Crippen molar-refractivity contribution in [2.45, 2.75) is 39.0 Å². The first-order chi connectivity index (χ1) is 12.1. The summed E-state index contributed by atoms with van der Waals surface area (Å²) in [6.07, 6.45) is 1.81. The summed E-state index contributed by atoms with van der Waals surface area (Å²) < 4.78 is 10.7. The van der Waals surface area contributed by atoms with Crippen molar-refractivity contribution in [1.82, 2.24) is 20.4 Å². The average Bonchev–Trinajstić information content (AvgIpc) is 3.26. The zero-order valence-corrected chi connectivity index (χ0v) is 14.7. The maximum absolute atomic E-state index is 12.1. The Balaban J connectivity index is 1.42. The van der Waals surface area contributed by atoms with Gasteiger partial charge >= 0.3 is 0 Å². The minimum Gasteiger partial charge on any atom is -0.368 e. The number of carbonyl (C=O) groups excluding carboxylic acids is 1. The molecule has 0 spiro atoms. The molecular formula is C18H24N4O3. The third kappa shape index (κ3) is 5.11. The molecule has 7 nitrogen and oxygen atoms in total. The van der Waals surface area contributed by atoms with Gasteiger partial charge in [-0.1, -0.05) is 35.0 Å². The van der Waals surface area contributed by atoms with Crippen LogP contribution in [0.5, 0.6) is 0 Å². The van der Waals surface area contributed by atoms with Gasteiger partial charge in [0.05, 0.1) is 13.1 Å². The molecule has 0 unspecified atom stereocenters. The minimum atomic E-state index is -0.0994. The summed E-state index contributed by atoms with van der Waals surface area (Å²) in [5.41, 5.74) is 2.41. The second kappa shape index (κ2) is 8.22. The van der Waals surface area contributed by atoms with Crippen molar-refractivity contribution < 1.29 is 14.1 Å². The van der Waals surface area contributed by atoms with Crippen molar-refractivity contribution in [3.8, 4) is 0 Å². The maximum atomic E-state index is 12.1. The predicted octanol–water partition coefficient (Wildman–Crippen LogP) is 1.98. The first-order valence-corrected chi connectivity index (χ1v) is 8.55. The number of hydrogen-bond acceptors (Lipinski definition) is 6. The first kappa shape index (κ1) is 17.6. The SMILES string of the molecule is Cc1ccc(CN(C)CC(=O)NCc2noc([C@@H]3CCCO3)n2)cc1. The molecule has 134 valence electrons. The molecule has 1 amide bonds. The van der Waals surface area contributed by atoms with Crippen LogP contribution in [-0.4, -0.2) is 41.1 Å². The number of carbonyl (C=O) groups is 1. The summed E-state index contributed by atoms with van der Waals surface area (Å²) in [7, 11) is 1.92. The molecule has 7 heteroatoms. The van der Waals surface area contributed by atoms with Crippen LogP contribution in [0.3, 0.4) is 0 Å². The van der Waals surface area contributed by atoms with Crippen LogP contribution in [0.25, 0.3) is 0 Å². The van der Waals surface area contributed by atoms with Crippen molar-refractivity contribution in [2.75, 3.05) is 20.2 Å². The van der Waals surface area contributed by atoms with E-state index in [9.17, 15) is 4.79 Å². The second-order valence-corrected chi connectivity index (χ2v) is 6.49. The molecule has 1 aromatic carbocycles. The number of amides is 1. The molecule has 3 rings (SSSR count). The normalized spacial score (nSPS) is 17.2. The van der Waals surface area contributed by atoms with Crippen LogP contribution in [-0.2, 0) is 22.6 Å². The zero-order chi connectivity index (χ0) is 17.6. The van der Waals surface area contributed by atoms with E-state index in [0.717, 1.165) is 26.0 Å². The Labute approximate surface area is 147 Å². The number of nitrogens with zero attached hydrogens (tertiary/aromatic N) is 3. The molecule has 0 aliphatic carbocycles. The molecule has 1 atom stereocenters. The molecule has 2 heterocycles. The highest BCUT2D eigenvalue weighted by Gasteiger charge is 2.23. The predicted molar refractivity (Wildman–Crippen MR) is 91.6 cm³/mol. The highest BCUT2D eigenvalue weighted by atomic mass is 16.5. The summed E-state index contributed by atoms with van der Waals surface area (Å²) >= 11 is 0. The number of aryl methyl sites for hydroxylation is 1. The van der Waals surface area contributed by atoms with Gasteiger partial charge in [0.2, 0.25) is 5.91 Å². The highest BCUT2D eigenvalue weighted by molar-refractivity contribution is 5.77. The van der Waals surface area contributed by atoms with E-state index in [0.29, 0.717) is 18.3 Å². The van der Waals surface area contributed by atoms with Crippen LogP contribution in [0.15, 0.2) is 28.8 Å². The molecule has 1 saturated heterocycles. The zero-order valence-electron chi connectivity index (χ0n) is 14.7. The van der Waals surface area contributed by atoms with Crippen LogP contribution in [0.2, 0.25) is 0 Å². The number of benzene rings is 1. The molecular weight excluding hydrogens is 320 g/mol. The van der Waals surface area contributed by atoms with Crippen molar-refractivity contribution in [3.63, 3.8) is 0 Å². The van der Waals surface area contributed by atoms with Crippen LogP contribution < -0.4 is 5.32 Å². The van der Waals surface area contributed by atoms with Crippen LogP contribution in [0, 0.1) is 6.92 Å². The van der Waals surface area contributed by atoms with Gasteiger partial charge in [-0.05, 0) is 32.4 Å². The molecule has 1 aromatic heterocycles. The lowest BCUT2D eigenvalue weighted by atomic mass is 10.1. The van der Waals surface area contributed by atoms with Gasteiger partial charge in [0.25, 0.3) is 5.89 Å². The Morgan fingerprint density at radius 1 is 1.36 bits per heavy atom. The largest absolute Gasteiger partial charge is 0.368 e. The molecule has 1 aliphatic heterocycles. The Bertz CT molecular complexity index is 693. The van der Waals surface area contributed by atoms with E-state index in [1.807, 2.05) is 11.9 Å². The van der Waals surface area contributed by atoms with E-state index < -0.39 is 0 Å².